The van der Waals surface area contributed by atoms with Gasteiger partial charge in [0.25, 0.3) is 0 Å². The second-order valence-corrected chi connectivity index (χ2v) is 8.59. The van der Waals surface area contributed by atoms with E-state index in [0.717, 1.165) is 53.0 Å². The van der Waals surface area contributed by atoms with Gasteiger partial charge in [-0.2, -0.15) is 0 Å². The molecular formula is C20H23N5O3S. The SMILES string of the molecule is CO[C@@H]1CC[C@H](C(=O)N2CCc3nocc3C2)C[C@H]1Nc1ncnc2sccc12. The second-order valence-electron chi connectivity index (χ2n) is 7.69. The van der Waals surface area contributed by atoms with Gasteiger partial charge >= 0.3 is 0 Å². The lowest BCUT2D eigenvalue weighted by molar-refractivity contribution is -0.138. The first-order valence-electron chi connectivity index (χ1n) is 9.91. The van der Waals surface area contributed by atoms with Crippen LogP contribution < -0.4 is 5.32 Å². The molecule has 1 N–H and O–H groups in total. The second kappa shape index (κ2) is 7.72. The maximum absolute atomic E-state index is 13.2. The van der Waals surface area contributed by atoms with E-state index in [2.05, 4.69) is 20.4 Å². The number of nitrogens with one attached hydrogen (secondary N) is 1. The minimum atomic E-state index is -0.0277. The molecule has 8 nitrogen and oxygen atoms in total. The first-order valence-corrected chi connectivity index (χ1v) is 10.8. The minimum absolute atomic E-state index is 0.0247. The molecule has 0 aromatic carbocycles. The van der Waals surface area contributed by atoms with Crippen molar-refractivity contribution in [1.29, 1.82) is 0 Å². The predicted octanol–water partition coefficient (Wildman–Crippen LogP) is 2.86. The number of thiophene rings is 1. The largest absolute Gasteiger partial charge is 0.379 e. The summed E-state index contributed by atoms with van der Waals surface area (Å²) in [5.74, 6) is 0.991. The predicted molar refractivity (Wildman–Crippen MR) is 109 cm³/mol. The van der Waals surface area contributed by atoms with Gasteiger partial charge in [0, 0.05) is 31.6 Å². The highest BCUT2D eigenvalue weighted by Gasteiger charge is 2.37. The van der Waals surface area contributed by atoms with Crippen LogP contribution in [0.25, 0.3) is 10.2 Å². The lowest BCUT2D eigenvalue weighted by Crippen LogP contribution is -2.47. The zero-order valence-electron chi connectivity index (χ0n) is 16.2. The van der Waals surface area contributed by atoms with Crippen molar-refractivity contribution in [3.8, 4) is 0 Å². The van der Waals surface area contributed by atoms with Gasteiger partial charge in [-0.15, -0.1) is 11.3 Å². The molecule has 3 aromatic rings. The molecule has 29 heavy (non-hydrogen) atoms. The van der Waals surface area contributed by atoms with E-state index >= 15 is 0 Å². The van der Waals surface area contributed by atoms with Crippen molar-refractivity contribution < 1.29 is 14.1 Å². The molecule has 1 aliphatic heterocycles. The van der Waals surface area contributed by atoms with Gasteiger partial charge < -0.3 is 19.5 Å². The lowest BCUT2D eigenvalue weighted by atomic mass is 9.82. The summed E-state index contributed by atoms with van der Waals surface area (Å²) in [5, 5.41) is 10.6. The maximum atomic E-state index is 13.2. The molecule has 1 amide bonds. The quantitative estimate of drug-likeness (QED) is 0.703. The van der Waals surface area contributed by atoms with Crippen LogP contribution in [0.5, 0.6) is 0 Å². The van der Waals surface area contributed by atoms with Crippen molar-refractivity contribution in [3.05, 3.63) is 35.3 Å². The van der Waals surface area contributed by atoms with Crippen LogP contribution in [0.3, 0.4) is 0 Å². The summed E-state index contributed by atoms with van der Waals surface area (Å²) >= 11 is 1.59. The van der Waals surface area contributed by atoms with Crippen molar-refractivity contribution >= 4 is 33.3 Å². The Morgan fingerprint density at radius 1 is 1.38 bits per heavy atom. The van der Waals surface area contributed by atoms with E-state index in [-0.39, 0.29) is 24.0 Å². The molecule has 152 valence electrons. The topological polar surface area (TPSA) is 93.4 Å². The van der Waals surface area contributed by atoms with E-state index in [1.165, 1.54) is 0 Å². The molecule has 3 atom stereocenters. The van der Waals surface area contributed by atoms with E-state index in [1.54, 1.807) is 31.0 Å². The number of carbonyl (C=O) groups excluding carboxylic acids is 1. The molecule has 1 fully saturated rings. The third kappa shape index (κ3) is 3.49. The molecule has 0 spiro atoms. The zero-order chi connectivity index (χ0) is 19.8. The van der Waals surface area contributed by atoms with E-state index in [4.69, 9.17) is 9.26 Å². The number of nitrogens with zero attached hydrogens (tertiary/aromatic N) is 4. The molecule has 4 heterocycles. The fraction of sp³-hybridized carbons (Fsp3) is 0.500. The molecule has 5 rings (SSSR count). The van der Waals surface area contributed by atoms with Crippen molar-refractivity contribution in [2.45, 2.75) is 44.4 Å². The summed E-state index contributed by atoms with van der Waals surface area (Å²) in [6.07, 6.45) is 6.44. The van der Waals surface area contributed by atoms with Crippen LogP contribution in [0, 0.1) is 5.92 Å². The van der Waals surface area contributed by atoms with E-state index in [9.17, 15) is 4.79 Å². The Morgan fingerprint density at radius 3 is 3.21 bits per heavy atom. The van der Waals surface area contributed by atoms with Crippen molar-refractivity contribution in [2.24, 2.45) is 5.92 Å². The molecular weight excluding hydrogens is 390 g/mol. The first kappa shape index (κ1) is 18.5. The Balaban J connectivity index is 1.32. The monoisotopic (exact) mass is 413 g/mol. The van der Waals surface area contributed by atoms with Crippen LogP contribution in [-0.4, -0.2) is 51.7 Å². The van der Waals surface area contributed by atoms with Gasteiger partial charge in [-0.05, 0) is 30.7 Å². The van der Waals surface area contributed by atoms with Gasteiger partial charge in [0.15, 0.2) is 0 Å². The smallest absolute Gasteiger partial charge is 0.226 e. The van der Waals surface area contributed by atoms with Gasteiger partial charge in [-0.1, -0.05) is 5.16 Å². The first-order chi connectivity index (χ1) is 14.2. The summed E-state index contributed by atoms with van der Waals surface area (Å²) in [4.78, 5) is 24.9. The Kier molecular flexibility index (Phi) is 4.92. The number of carbonyl (C=O) groups is 1. The molecule has 1 saturated carbocycles. The Bertz CT molecular complexity index is 1020. The summed E-state index contributed by atoms with van der Waals surface area (Å²) < 4.78 is 10.8. The number of anilines is 1. The molecule has 1 aliphatic carbocycles. The highest BCUT2D eigenvalue weighted by Crippen LogP contribution is 2.33. The number of hydrogen-bond acceptors (Lipinski definition) is 8. The normalized spacial score (nSPS) is 24.4. The highest BCUT2D eigenvalue weighted by atomic mass is 32.1. The van der Waals surface area contributed by atoms with Gasteiger partial charge in [0.05, 0.1) is 29.8 Å². The van der Waals surface area contributed by atoms with Crippen molar-refractivity contribution in [2.75, 3.05) is 19.0 Å². The zero-order valence-corrected chi connectivity index (χ0v) is 17.0. The summed E-state index contributed by atoms with van der Waals surface area (Å²) in [5.41, 5.74) is 1.99. The molecule has 2 aliphatic rings. The fourth-order valence-electron chi connectivity index (χ4n) is 4.47. The average Bonchev–Trinajstić information content (AvgIpc) is 3.42. The van der Waals surface area contributed by atoms with Crippen LogP contribution in [-0.2, 0) is 22.5 Å². The Labute approximate surface area is 172 Å². The van der Waals surface area contributed by atoms with Crippen LogP contribution in [0.4, 0.5) is 5.82 Å². The summed E-state index contributed by atoms with van der Waals surface area (Å²) in [7, 11) is 1.74. The molecule has 0 saturated heterocycles. The van der Waals surface area contributed by atoms with Crippen LogP contribution in [0.1, 0.15) is 30.5 Å². The van der Waals surface area contributed by atoms with Gasteiger partial charge in [0.1, 0.15) is 23.2 Å². The summed E-state index contributed by atoms with van der Waals surface area (Å²) in [6, 6.07) is 2.05. The van der Waals surface area contributed by atoms with E-state index < -0.39 is 0 Å². The van der Waals surface area contributed by atoms with Crippen LogP contribution in [0.2, 0.25) is 0 Å². The number of ether oxygens (including phenoxy) is 1. The van der Waals surface area contributed by atoms with Crippen LogP contribution in [0.15, 0.2) is 28.6 Å². The molecule has 0 radical (unpaired) electrons. The van der Waals surface area contributed by atoms with Gasteiger partial charge in [-0.25, -0.2) is 9.97 Å². The third-order valence-corrected chi connectivity index (χ3v) is 6.86. The molecule has 3 aromatic heterocycles. The lowest BCUT2D eigenvalue weighted by Gasteiger charge is -2.38. The highest BCUT2D eigenvalue weighted by molar-refractivity contribution is 7.16. The summed E-state index contributed by atoms with van der Waals surface area (Å²) in [6.45, 7) is 1.28. The van der Waals surface area contributed by atoms with E-state index in [0.29, 0.717) is 13.1 Å². The number of hydrogen-bond donors (Lipinski definition) is 1. The van der Waals surface area contributed by atoms with Crippen molar-refractivity contribution in [3.63, 3.8) is 0 Å². The number of rotatable bonds is 4. The fourth-order valence-corrected chi connectivity index (χ4v) is 5.20. The number of methoxy groups -OCH3 is 1. The molecule has 0 bridgehead atoms. The maximum Gasteiger partial charge on any atom is 0.226 e. The number of amides is 1. The third-order valence-electron chi connectivity index (χ3n) is 6.04. The van der Waals surface area contributed by atoms with Crippen molar-refractivity contribution in [1.82, 2.24) is 20.0 Å². The van der Waals surface area contributed by atoms with E-state index in [1.807, 2.05) is 16.3 Å². The average molecular weight is 414 g/mol. The number of fused-ring (bicyclic) bond motifs is 2. The molecule has 9 heteroatoms. The number of aromatic nitrogens is 3. The molecule has 0 unspecified atom stereocenters. The Morgan fingerprint density at radius 2 is 2.31 bits per heavy atom. The van der Waals surface area contributed by atoms with Gasteiger partial charge in [0.2, 0.25) is 5.91 Å². The Hall–Kier alpha value is -2.52. The minimum Gasteiger partial charge on any atom is -0.379 e. The van der Waals surface area contributed by atoms with Crippen LogP contribution >= 0.6 is 11.3 Å². The van der Waals surface area contributed by atoms with Gasteiger partial charge in [-0.3, -0.25) is 4.79 Å². The standard InChI is InChI=1S/C20H23N5O3S/c1-27-17-3-2-12(20(26)25-6-4-15-13(9-25)10-28-24-15)8-16(17)23-18-14-5-7-29-19(14)22-11-21-18/h5,7,10-12,16-17H,2-4,6,8-9H2,1H3,(H,21,22,23)/t12-,16+,17+/m0/s1.